The molecule has 0 atom stereocenters. The van der Waals surface area contributed by atoms with Crippen LogP contribution in [-0.2, 0) is 0 Å². The van der Waals surface area contributed by atoms with E-state index in [0.29, 0.717) is 0 Å². The second-order valence-electron chi connectivity index (χ2n) is 3.10. The Balaban J connectivity index is 2.52. The summed E-state index contributed by atoms with van der Waals surface area (Å²) in [4.78, 5) is 11.5. The highest BCUT2D eigenvalue weighted by Crippen LogP contribution is 2.06. The van der Waals surface area contributed by atoms with Gasteiger partial charge in [-0.05, 0) is 30.3 Å². The maximum atomic E-state index is 11.5. The average molecular weight is 195 g/mol. The van der Waals surface area contributed by atoms with Crippen molar-refractivity contribution in [1.82, 2.24) is 4.57 Å². The minimum absolute atomic E-state index is 0.0500. The van der Waals surface area contributed by atoms with Crippen molar-refractivity contribution in [3.8, 4) is 18.0 Å². The number of aromatic nitrogens is 1. The Labute approximate surface area is 87.8 Å². The number of rotatable bonds is 1. The first-order valence-corrected chi connectivity index (χ1v) is 4.56. The second kappa shape index (κ2) is 3.85. The lowest BCUT2D eigenvalue weighted by atomic mass is 10.2. The summed E-state index contributed by atoms with van der Waals surface area (Å²) in [7, 11) is 0. The van der Waals surface area contributed by atoms with Crippen LogP contribution in [0.5, 0.6) is 0 Å². The van der Waals surface area contributed by atoms with Gasteiger partial charge in [-0.15, -0.1) is 6.42 Å². The third kappa shape index (κ3) is 1.82. The van der Waals surface area contributed by atoms with Gasteiger partial charge in [-0.2, -0.15) is 0 Å². The largest absolute Gasteiger partial charge is 0.284 e. The van der Waals surface area contributed by atoms with E-state index in [-0.39, 0.29) is 5.56 Å². The fourth-order valence-corrected chi connectivity index (χ4v) is 1.36. The predicted molar refractivity (Wildman–Crippen MR) is 60.0 cm³/mol. The van der Waals surface area contributed by atoms with Crippen molar-refractivity contribution in [3.63, 3.8) is 0 Å². The van der Waals surface area contributed by atoms with Gasteiger partial charge in [0, 0.05) is 23.5 Å². The summed E-state index contributed by atoms with van der Waals surface area (Å²) in [5.41, 5.74) is 1.58. The summed E-state index contributed by atoms with van der Waals surface area (Å²) in [6, 6.07) is 12.3. The van der Waals surface area contributed by atoms with Gasteiger partial charge >= 0.3 is 0 Å². The quantitative estimate of drug-likeness (QED) is 0.636. The van der Waals surface area contributed by atoms with E-state index >= 15 is 0 Å². The van der Waals surface area contributed by atoms with Crippen LogP contribution in [0.15, 0.2) is 53.5 Å². The lowest BCUT2D eigenvalue weighted by Crippen LogP contribution is -2.15. The third-order valence-corrected chi connectivity index (χ3v) is 2.13. The van der Waals surface area contributed by atoms with Crippen molar-refractivity contribution in [2.45, 2.75) is 0 Å². The number of hydrogen-bond acceptors (Lipinski definition) is 1. The first-order valence-electron chi connectivity index (χ1n) is 4.56. The molecule has 2 aromatic rings. The van der Waals surface area contributed by atoms with Gasteiger partial charge in [-0.1, -0.05) is 12.0 Å². The van der Waals surface area contributed by atoms with E-state index in [0.717, 1.165) is 11.3 Å². The molecule has 1 heterocycles. The maximum Gasteiger partial charge on any atom is 0.255 e. The lowest BCUT2D eigenvalue weighted by Gasteiger charge is -2.04. The number of nitrogens with zero attached hydrogens (tertiary/aromatic N) is 1. The van der Waals surface area contributed by atoms with E-state index in [2.05, 4.69) is 5.92 Å². The predicted octanol–water partition coefficient (Wildman–Crippen LogP) is 1.82. The Hall–Kier alpha value is -2.27. The van der Waals surface area contributed by atoms with E-state index in [9.17, 15) is 4.79 Å². The fourth-order valence-electron chi connectivity index (χ4n) is 1.36. The van der Waals surface area contributed by atoms with Crippen LogP contribution >= 0.6 is 0 Å². The number of hydrogen-bond donors (Lipinski definition) is 0. The molecule has 0 aliphatic carbocycles. The molecule has 0 saturated carbocycles. The molecular formula is C13H9NO. The summed E-state index contributed by atoms with van der Waals surface area (Å²) >= 11 is 0. The monoisotopic (exact) mass is 195 g/mol. The molecule has 0 radical (unpaired) electrons. The van der Waals surface area contributed by atoms with Gasteiger partial charge in [0.2, 0.25) is 0 Å². The van der Waals surface area contributed by atoms with Gasteiger partial charge in [-0.25, -0.2) is 0 Å². The van der Waals surface area contributed by atoms with Gasteiger partial charge < -0.3 is 0 Å². The summed E-state index contributed by atoms with van der Waals surface area (Å²) < 4.78 is 1.57. The van der Waals surface area contributed by atoms with Crippen LogP contribution in [0.2, 0.25) is 0 Å². The molecule has 0 aliphatic heterocycles. The minimum atomic E-state index is -0.0500. The van der Waals surface area contributed by atoms with E-state index in [1.807, 2.05) is 30.3 Å². The average Bonchev–Trinajstić information content (AvgIpc) is 2.30. The highest BCUT2D eigenvalue weighted by Gasteiger charge is 1.96. The van der Waals surface area contributed by atoms with Crippen LogP contribution in [0.1, 0.15) is 5.56 Å². The van der Waals surface area contributed by atoms with Crippen molar-refractivity contribution in [2.75, 3.05) is 0 Å². The molecule has 0 fully saturated rings. The number of terminal acetylenes is 1. The van der Waals surface area contributed by atoms with Crippen LogP contribution < -0.4 is 5.56 Å². The topological polar surface area (TPSA) is 22.0 Å². The Kier molecular flexibility index (Phi) is 2.38. The number of benzene rings is 1. The highest BCUT2D eigenvalue weighted by molar-refractivity contribution is 5.40. The summed E-state index contributed by atoms with van der Waals surface area (Å²) in [6.45, 7) is 0. The third-order valence-electron chi connectivity index (χ3n) is 2.13. The molecule has 1 aromatic heterocycles. The fraction of sp³-hybridized carbons (Fsp3) is 0. The van der Waals surface area contributed by atoms with Gasteiger partial charge in [0.15, 0.2) is 0 Å². The zero-order valence-electron chi connectivity index (χ0n) is 8.05. The summed E-state index contributed by atoms with van der Waals surface area (Å²) in [5.74, 6) is 2.53. The molecular weight excluding hydrogens is 186 g/mol. The first kappa shape index (κ1) is 9.29. The molecule has 2 rings (SSSR count). The highest BCUT2D eigenvalue weighted by atomic mass is 16.1. The SMILES string of the molecule is C#Cc1ccc(-n2ccccc2=O)cc1. The summed E-state index contributed by atoms with van der Waals surface area (Å²) in [5, 5.41) is 0. The van der Waals surface area contributed by atoms with Crippen LogP contribution in [0, 0.1) is 12.3 Å². The normalized spacial score (nSPS) is 9.53. The van der Waals surface area contributed by atoms with Crippen molar-refractivity contribution in [2.24, 2.45) is 0 Å². The molecule has 2 nitrogen and oxygen atoms in total. The Bertz CT molecular complexity index is 558. The molecule has 72 valence electrons. The molecule has 0 spiro atoms. The minimum Gasteiger partial charge on any atom is -0.284 e. The van der Waals surface area contributed by atoms with E-state index in [1.54, 1.807) is 16.8 Å². The smallest absolute Gasteiger partial charge is 0.255 e. The van der Waals surface area contributed by atoms with Crippen molar-refractivity contribution < 1.29 is 0 Å². The molecule has 2 heteroatoms. The molecule has 0 bridgehead atoms. The molecule has 0 unspecified atom stereocenters. The van der Waals surface area contributed by atoms with Crippen LogP contribution in [0.25, 0.3) is 5.69 Å². The van der Waals surface area contributed by atoms with E-state index in [4.69, 9.17) is 6.42 Å². The second-order valence-corrected chi connectivity index (χ2v) is 3.10. The molecule has 1 aromatic carbocycles. The van der Waals surface area contributed by atoms with Crippen LogP contribution in [0.4, 0.5) is 0 Å². The molecule has 0 amide bonds. The molecule has 0 saturated heterocycles. The van der Waals surface area contributed by atoms with E-state index < -0.39 is 0 Å². The van der Waals surface area contributed by atoms with E-state index in [1.165, 1.54) is 6.07 Å². The van der Waals surface area contributed by atoms with Gasteiger partial charge in [0.1, 0.15) is 0 Å². The maximum absolute atomic E-state index is 11.5. The zero-order chi connectivity index (χ0) is 10.7. The van der Waals surface area contributed by atoms with Crippen molar-refractivity contribution in [3.05, 3.63) is 64.6 Å². The van der Waals surface area contributed by atoms with Crippen LogP contribution in [-0.4, -0.2) is 4.57 Å². The van der Waals surface area contributed by atoms with Crippen molar-refractivity contribution in [1.29, 1.82) is 0 Å². The van der Waals surface area contributed by atoms with Gasteiger partial charge in [-0.3, -0.25) is 9.36 Å². The van der Waals surface area contributed by atoms with Crippen LogP contribution in [0.3, 0.4) is 0 Å². The Morgan fingerprint density at radius 2 is 1.80 bits per heavy atom. The van der Waals surface area contributed by atoms with Gasteiger partial charge in [0.05, 0.1) is 0 Å². The summed E-state index contributed by atoms with van der Waals surface area (Å²) in [6.07, 6.45) is 6.98. The van der Waals surface area contributed by atoms with Crippen molar-refractivity contribution >= 4 is 0 Å². The Morgan fingerprint density at radius 3 is 2.40 bits per heavy atom. The molecule has 0 aliphatic rings. The zero-order valence-corrected chi connectivity index (χ0v) is 8.05. The molecule has 15 heavy (non-hydrogen) atoms. The first-order chi connectivity index (χ1) is 7.31. The molecule has 0 N–H and O–H groups in total. The standard InChI is InChI=1S/C13H9NO/c1-2-11-6-8-12(9-7-11)14-10-4-3-5-13(14)15/h1,3-10H. The Morgan fingerprint density at radius 1 is 1.07 bits per heavy atom. The van der Waals surface area contributed by atoms with Gasteiger partial charge in [0.25, 0.3) is 5.56 Å². The lowest BCUT2D eigenvalue weighted by molar-refractivity contribution is 0.990. The number of pyridine rings is 1.